The van der Waals surface area contributed by atoms with Gasteiger partial charge < -0.3 is 19.8 Å². The number of carbonyl (C=O) groups is 1. The van der Waals surface area contributed by atoms with Gasteiger partial charge in [0.15, 0.2) is 0 Å². The SMILES string of the molecule is CC(C)(COCc1ccccc1)C(=O)On1c(O)c2ccccc2c1O. The van der Waals surface area contributed by atoms with Crippen LogP contribution >= 0.6 is 0 Å². The van der Waals surface area contributed by atoms with Crippen molar-refractivity contribution in [3.05, 3.63) is 60.2 Å². The van der Waals surface area contributed by atoms with E-state index < -0.39 is 11.4 Å². The molecule has 0 radical (unpaired) electrons. The molecule has 0 aliphatic rings. The molecule has 0 saturated heterocycles. The summed E-state index contributed by atoms with van der Waals surface area (Å²) < 4.78 is 6.37. The Balaban J connectivity index is 1.68. The first-order valence-corrected chi connectivity index (χ1v) is 8.26. The zero-order valence-electron chi connectivity index (χ0n) is 14.7. The zero-order chi connectivity index (χ0) is 18.7. The summed E-state index contributed by atoms with van der Waals surface area (Å²) in [6.45, 7) is 3.86. The third-order valence-corrected chi connectivity index (χ3v) is 4.09. The molecule has 0 spiro atoms. The summed E-state index contributed by atoms with van der Waals surface area (Å²) in [5.41, 5.74) is 0.0352. The van der Waals surface area contributed by atoms with Gasteiger partial charge in [-0.2, -0.15) is 0 Å². The molecule has 2 aromatic carbocycles. The quantitative estimate of drug-likeness (QED) is 0.709. The van der Waals surface area contributed by atoms with E-state index in [0.717, 1.165) is 10.3 Å². The molecular formula is C20H21NO5. The molecule has 0 atom stereocenters. The summed E-state index contributed by atoms with van der Waals surface area (Å²) in [4.78, 5) is 17.7. The van der Waals surface area contributed by atoms with Gasteiger partial charge >= 0.3 is 5.97 Å². The lowest BCUT2D eigenvalue weighted by Gasteiger charge is -2.22. The Morgan fingerprint density at radius 3 is 2.08 bits per heavy atom. The van der Waals surface area contributed by atoms with Gasteiger partial charge in [-0.05, 0) is 31.5 Å². The van der Waals surface area contributed by atoms with Crippen molar-refractivity contribution in [3.8, 4) is 11.8 Å². The molecule has 6 nitrogen and oxygen atoms in total. The maximum Gasteiger partial charge on any atom is 0.341 e. The van der Waals surface area contributed by atoms with E-state index in [1.54, 1.807) is 38.1 Å². The minimum atomic E-state index is -0.968. The lowest BCUT2D eigenvalue weighted by Crippen LogP contribution is -2.36. The molecule has 0 saturated carbocycles. The molecule has 0 aliphatic heterocycles. The predicted octanol–water partition coefficient (Wildman–Crippen LogP) is 3.25. The van der Waals surface area contributed by atoms with E-state index in [1.807, 2.05) is 30.3 Å². The second-order valence-electron chi connectivity index (χ2n) is 6.73. The molecule has 0 unspecified atom stereocenters. The third kappa shape index (κ3) is 3.50. The van der Waals surface area contributed by atoms with Crippen LogP contribution in [-0.2, 0) is 16.1 Å². The van der Waals surface area contributed by atoms with Crippen LogP contribution in [0.4, 0.5) is 0 Å². The van der Waals surface area contributed by atoms with Gasteiger partial charge in [-0.1, -0.05) is 42.5 Å². The van der Waals surface area contributed by atoms with Crippen molar-refractivity contribution in [2.75, 3.05) is 6.61 Å². The van der Waals surface area contributed by atoms with Crippen LogP contribution in [0.1, 0.15) is 19.4 Å². The fourth-order valence-electron chi connectivity index (χ4n) is 2.54. The number of ether oxygens (including phenoxy) is 1. The highest BCUT2D eigenvalue weighted by molar-refractivity contribution is 5.93. The molecule has 0 amide bonds. The van der Waals surface area contributed by atoms with Crippen LogP contribution in [0.25, 0.3) is 10.8 Å². The highest BCUT2D eigenvalue weighted by Gasteiger charge is 2.32. The molecular weight excluding hydrogens is 334 g/mol. The summed E-state index contributed by atoms with van der Waals surface area (Å²) in [5.74, 6) is -1.28. The van der Waals surface area contributed by atoms with Crippen LogP contribution in [0.15, 0.2) is 54.6 Å². The minimum Gasteiger partial charge on any atom is -0.492 e. The van der Waals surface area contributed by atoms with E-state index >= 15 is 0 Å². The Hall–Kier alpha value is -2.99. The van der Waals surface area contributed by atoms with E-state index in [9.17, 15) is 15.0 Å². The number of rotatable bonds is 6. The maximum absolute atomic E-state index is 12.5. The van der Waals surface area contributed by atoms with Gasteiger partial charge in [-0.3, -0.25) is 0 Å². The van der Waals surface area contributed by atoms with Gasteiger partial charge in [0.25, 0.3) is 0 Å². The molecule has 136 valence electrons. The highest BCUT2D eigenvalue weighted by atomic mass is 16.7. The van der Waals surface area contributed by atoms with E-state index in [0.29, 0.717) is 17.4 Å². The second-order valence-corrected chi connectivity index (χ2v) is 6.73. The van der Waals surface area contributed by atoms with Crippen molar-refractivity contribution in [2.24, 2.45) is 5.41 Å². The highest BCUT2D eigenvalue weighted by Crippen LogP contribution is 2.35. The van der Waals surface area contributed by atoms with Crippen LogP contribution in [0.3, 0.4) is 0 Å². The molecule has 3 rings (SSSR count). The number of nitrogens with zero attached hydrogens (tertiary/aromatic N) is 1. The van der Waals surface area contributed by atoms with Crippen LogP contribution < -0.4 is 4.84 Å². The zero-order valence-corrected chi connectivity index (χ0v) is 14.7. The fraction of sp³-hybridized carbons (Fsp3) is 0.250. The molecule has 1 heterocycles. The molecule has 1 aromatic heterocycles. The number of hydrogen-bond donors (Lipinski definition) is 2. The van der Waals surface area contributed by atoms with Crippen LogP contribution in [-0.4, -0.2) is 27.5 Å². The topological polar surface area (TPSA) is 80.9 Å². The van der Waals surface area contributed by atoms with Crippen molar-refractivity contribution >= 4 is 16.7 Å². The molecule has 0 fully saturated rings. The first-order chi connectivity index (χ1) is 12.4. The molecule has 6 heteroatoms. The van der Waals surface area contributed by atoms with Crippen molar-refractivity contribution in [2.45, 2.75) is 20.5 Å². The summed E-state index contributed by atoms with van der Waals surface area (Å²) in [6, 6.07) is 16.3. The molecule has 3 aromatic rings. The first kappa shape index (κ1) is 17.8. The third-order valence-electron chi connectivity index (χ3n) is 4.09. The van der Waals surface area contributed by atoms with E-state index in [1.165, 1.54) is 0 Å². The Morgan fingerprint density at radius 1 is 0.962 bits per heavy atom. The molecule has 2 N–H and O–H groups in total. The largest absolute Gasteiger partial charge is 0.492 e. The summed E-state index contributed by atoms with van der Waals surface area (Å²) >= 11 is 0. The molecule has 26 heavy (non-hydrogen) atoms. The number of fused-ring (bicyclic) bond motifs is 1. The predicted molar refractivity (Wildman–Crippen MR) is 96.7 cm³/mol. The van der Waals surface area contributed by atoms with Crippen molar-refractivity contribution < 1.29 is 24.6 Å². The molecule has 0 aliphatic carbocycles. The van der Waals surface area contributed by atoms with Crippen LogP contribution in [0, 0.1) is 5.41 Å². The molecule has 0 bridgehead atoms. The van der Waals surface area contributed by atoms with Crippen molar-refractivity contribution in [3.63, 3.8) is 0 Å². The van der Waals surface area contributed by atoms with Gasteiger partial charge in [0.1, 0.15) is 0 Å². The normalized spacial score (nSPS) is 11.6. The first-order valence-electron chi connectivity index (χ1n) is 8.26. The monoisotopic (exact) mass is 355 g/mol. The van der Waals surface area contributed by atoms with Gasteiger partial charge in [-0.15, -0.1) is 4.73 Å². The Bertz CT molecular complexity index is 876. The van der Waals surface area contributed by atoms with Gasteiger partial charge in [-0.25, -0.2) is 4.79 Å². The number of aromatic hydroxyl groups is 2. The maximum atomic E-state index is 12.5. The smallest absolute Gasteiger partial charge is 0.341 e. The lowest BCUT2D eigenvalue weighted by atomic mass is 9.95. The number of hydrogen-bond acceptors (Lipinski definition) is 5. The fourth-order valence-corrected chi connectivity index (χ4v) is 2.54. The van der Waals surface area contributed by atoms with Gasteiger partial charge in [0.2, 0.25) is 11.8 Å². The van der Waals surface area contributed by atoms with Crippen LogP contribution in [0.5, 0.6) is 11.8 Å². The summed E-state index contributed by atoms with van der Waals surface area (Å²) in [5, 5.41) is 21.2. The van der Waals surface area contributed by atoms with Gasteiger partial charge in [0.05, 0.1) is 29.4 Å². The lowest BCUT2D eigenvalue weighted by molar-refractivity contribution is -0.159. The summed E-state index contributed by atoms with van der Waals surface area (Å²) in [6.07, 6.45) is 0. The van der Waals surface area contributed by atoms with E-state index in [2.05, 4.69) is 0 Å². The van der Waals surface area contributed by atoms with Crippen LogP contribution in [0.2, 0.25) is 0 Å². The number of carbonyl (C=O) groups excluding carboxylic acids is 1. The Kier molecular flexibility index (Phi) is 4.86. The number of aromatic nitrogens is 1. The standard InChI is InChI=1S/C20H21NO5/c1-20(2,13-25-12-14-8-4-3-5-9-14)19(24)26-21-17(22)15-10-6-7-11-16(15)18(21)23/h3-11,22-23H,12-13H2,1-2H3. The summed E-state index contributed by atoms with van der Waals surface area (Å²) in [7, 11) is 0. The van der Waals surface area contributed by atoms with Gasteiger partial charge in [0, 0.05) is 0 Å². The van der Waals surface area contributed by atoms with E-state index in [-0.39, 0.29) is 18.4 Å². The second kappa shape index (κ2) is 7.09. The average molecular weight is 355 g/mol. The van der Waals surface area contributed by atoms with E-state index in [4.69, 9.17) is 9.57 Å². The Morgan fingerprint density at radius 2 is 1.50 bits per heavy atom. The minimum absolute atomic E-state index is 0.128. The Labute approximate surface area is 151 Å². The average Bonchev–Trinajstić information content (AvgIpc) is 2.88. The van der Waals surface area contributed by atoms with Crippen molar-refractivity contribution in [1.82, 2.24) is 4.73 Å². The number of benzene rings is 2. The van der Waals surface area contributed by atoms with Crippen molar-refractivity contribution in [1.29, 1.82) is 0 Å².